The number of hydrogen-bond donors (Lipinski definition) is 0. The van der Waals surface area contributed by atoms with Gasteiger partial charge in [-0.05, 0) is 13.0 Å². The highest BCUT2D eigenvalue weighted by molar-refractivity contribution is 6.32. The van der Waals surface area contributed by atoms with Crippen LogP contribution < -0.4 is 0 Å². The van der Waals surface area contributed by atoms with E-state index in [4.69, 9.17) is 11.6 Å². The number of aryl methyl sites for hydroxylation is 1. The third-order valence-corrected chi connectivity index (χ3v) is 1.83. The highest BCUT2D eigenvalue weighted by atomic mass is 35.5. The zero-order valence-corrected chi connectivity index (χ0v) is 6.43. The Morgan fingerprint density at radius 1 is 1.80 bits per heavy atom. The molecule has 0 saturated heterocycles. The molecular weight excluding hydrogens is 150 g/mol. The maximum absolute atomic E-state index is 10.3. The van der Waals surface area contributed by atoms with E-state index < -0.39 is 0 Å². The van der Waals surface area contributed by atoms with Gasteiger partial charge in [0.05, 0.1) is 5.56 Å². The first-order chi connectivity index (χ1) is 4.79. The fourth-order valence-corrected chi connectivity index (χ4v) is 1.09. The summed E-state index contributed by atoms with van der Waals surface area (Å²) in [6, 6.07) is 1.71. The summed E-state index contributed by atoms with van der Waals surface area (Å²) in [5.41, 5.74) is 0.559. The van der Waals surface area contributed by atoms with Crippen LogP contribution in [0.1, 0.15) is 17.3 Å². The van der Waals surface area contributed by atoms with Crippen LogP contribution in [0, 0.1) is 0 Å². The van der Waals surface area contributed by atoms with E-state index in [2.05, 4.69) is 0 Å². The van der Waals surface area contributed by atoms with Crippen molar-refractivity contribution in [3.8, 4) is 0 Å². The highest BCUT2D eigenvalue weighted by Crippen LogP contribution is 2.14. The number of rotatable bonds is 2. The molecule has 0 fully saturated rings. The van der Waals surface area contributed by atoms with Crippen LogP contribution in [-0.2, 0) is 6.54 Å². The molecule has 2 nitrogen and oxygen atoms in total. The Bertz CT molecular complexity index is 242. The van der Waals surface area contributed by atoms with E-state index in [1.807, 2.05) is 11.5 Å². The standard InChI is InChI=1S/C7H8ClNO/c1-2-9-4-3-6(5-10)7(9)8/h3-5H,2H2,1H3. The number of halogens is 1. The Labute approximate surface area is 64.4 Å². The second-order valence-electron chi connectivity index (χ2n) is 1.97. The lowest BCUT2D eigenvalue weighted by Crippen LogP contribution is -1.91. The minimum Gasteiger partial charge on any atom is -0.338 e. The molecule has 0 N–H and O–H groups in total. The zero-order valence-electron chi connectivity index (χ0n) is 5.67. The van der Waals surface area contributed by atoms with E-state index >= 15 is 0 Å². The van der Waals surface area contributed by atoms with Crippen molar-refractivity contribution in [3.63, 3.8) is 0 Å². The largest absolute Gasteiger partial charge is 0.338 e. The molecule has 1 aromatic heterocycles. The summed E-state index contributed by atoms with van der Waals surface area (Å²) in [5, 5.41) is 0.525. The van der Waals surface area contributed by atoms with Gasteiger partial charge in [-0.25, -0.2) is 0 Å². The Hall–Kier alpha value is -0.760. The topological polar surface area (TPSA) is 22.0 Å². The molecule has 3 heteroatoms. The first kappa shape index (κ1) is 7.35. The third kappa shape index (κ3) is 1.07. The summed E-state index contributed by atoms with van der Waals surface area (Å²) in [6.07, 6.45) is 2.56. The van der Waals surface area contributed by atoms with Gasteiger partial charge in [0.15, 0.2) is 6.29 Å². The van der Waals surface area contributed by atoms with E-state index in [-0.39, 0.29) is 0 Å². The number of hydrogen-bond acceptors (Lipinski definition) is 1. The lowest BCUT2D eigenvalue weighted by Gasteiger charge is -1.96. The van der Waals surface area contributed by atoms with Crippen LogP contribution in [0.25, 0.3) is 0 Å². The van der Waals surface area contributed by atoms with Gasteiger partial charge < -0.3 is 4.57 Å². The van der Waals surface area contributed by atoms with Crippen LogP contribution >= 0.6 is 11.6 Å². The first-order valence-corrected chi connectivity index (χ1v) is 3.47. The van der Waals surface area contributed by atoms with E-state index in [1.54, 1.807) is 12.3 Å². The molecule has 0 unspecified atom stereocenters. The Morgan fingerprint density at radius 2 is 2.50 bits per heavy atom. The smallest absolute Gasteiger partial charge is 0.153 e. The molecule has 0 radical (unpaired) electrons. The first-order valence-electron chi connectivity index (χ1n) is 3.09. The number of nitrogens with zero attached hydrogens (tertiary/aromatic N) is 1. The van der Waals surface area contributed by atoms with E-state index in [0.717, 1.165) is 12.8 Å². The quantitative estimate of drug-likeness (QED) is 0.602. The molecule has 0 aliphatic rings. The summed E-state index contributed by atoms with van der Waals surface area (Å²) >= 11 is 5.76. The SMILES string of the molecule is CCn1ccc(C=O)c1Cl. The van der Waals surface area contributed by atoms with Gasteiger partial charge in [0.1, 0.15) is 5.15 Å². The van der Waals surface area contributed by atoms with Gasteiger partial charge in [-0.1, -0.05) is 11.6 Å². The van der Waals surface area contributed by atoms with Crippen LogP contribution in [0.15, 0.2) is 12.3 Å². The van der Waals surface area contributed by atoms with Crippen molar-refractivity contribution in [2.24, 2.45) is 0 Å². The molecule has 54 valence electrons. The predicted octanol–water partition coefficient (Wildman–Crippen LogP) is 1.97. The molecule has 0 atom stereocenters. The van der Waals surface area contributed by atoms with Gasteiger partial charge >= 0.3 is 0 Å². The summed E-state index contributed by atoms with van der Waals surface area (Å²) in [7, 11) is 0. The average Bonchev–Trinajstić information content (AvgIpc) is 2.30. The summed E-state index contributed by atoms with van der Waals surface area (Å²) in [4.78, 5) is 10.3. The molecule has 0 saturated carbocycles. The van der Waals surface area contributed by atoms with Crippen molar-refractivity contribution in [2.45, 2.75) is 13.5 Å². The minimum absolute atomic E-state index is 0.525. The average molecular weight is 158 g/mol. The monoisotopic (exact) mass is 157 g/mol. The van der Waals surface area contributed by atoms with Crippen LogP contribution in [0.4, 0.5) is 0 Å². The Morgan fingerprint density at radius 3 is 2.80 bits per heavy atom. The van der Waals surface area contributed by atoms with Gasteiger partial charge in [0.25, 0.3) is 0 Å². The van der Waals surface area contributed by atoms with Crippen molar-refractivity contribution >= 4 is 17.9 Å². The lowest BCUT2D eigenvalue weighted by molar-refractivity contribution is 0.112. The van der Waals surface area contributed by atoms with Crippen molar-refractivity contribution in [1.29, 1.82) is 0 Å². The van der Waals surface area contributed by atoms with Crippen molar-refractivity contribution in [3.05, 3.63) is 23.0 Å². The fourth-order valence-electron chi connectivity index (χ4n) is 0.802. The summed E-state index contributed by atoms with van der Waals surface area (Å²) in [6.45, 7) is 2.77. The van der Waals surface area contributed by atoms with E-state index in [9.17, 15) is 4.79 Å². The second kappa shape index (κ2) is 2.88. The molecule has 0 aliphatic heterocycles. The van der Waals surface area contributed by atoms with Crippen LogP contribution in [0.5, 0.6) is 0 Å². The lowest BCUT2D eigenvalue weighted by atomic mass is 10.4. The minimum atomic E-state index is 0.525. The third-order valence-electron chi connectivity index (χ3n) is 1.39. The molecule has 0 amide bonds. The van der Waals surface area contributed by atoms with E-state index in [0.29, 0.717) is 10.7 Å². The highest BCUT2D eigenvalue weighted by Gasteiger charge is 2.02. The van der Waals surface area contributed by atoms with Crippen molar-refractivity contribution in [2.75, 3.05) is 0 Å². The Balaban J connectivity index is 3.08. The number of aromatic nitrogens is 1. The molecule has 1 rings (SSSR count). The molecular formula is C7H8ClNO. The maximum atomic E-state index is 10.3. The predicted molar refractivity (Wildman–Crippen MR) is 40.5 cm³/mol. The van der Waals surface area contributed by atoms with Gasteiger partial charge in [0, 0.05) is 12.7 Å². The molecule has 0 aromatic carbocycles. The fraction of sp³-hybridized carbons (Fsp3) is 0.286. The summed E-state index contributed by atoms with van der Waals surface area (Å²) < 4.78 is 1.81. The van der Waals surface area contributed by atoms with Crippen LogP contribution in [0.2, 0.25) is 5.15 Å². The number of carbonyl (C=O) groups excluding carboxylic acids is 1. The maximum Gasteiger partial charge on any atom is 0.153 e. The molecule has 0 spiro atoms. The molecule has 10 heavy (non-hydrogen) atoms. The van der Waals surface area contributed by atoms with Crippen LogP contribution in [-0.4, -0.2) is 10.9 Å². The van der Waals surface area contributed by atoms with Gasteiger partial charge in [-0.2, -0.15) is 0 Å². The Kier molecular flexibility index (Phi) is 2.12. The second-order valence-corrected chi connectivity index (χ2v) is 2.32. The number of carbonyl (C=O) groups is 1. The molecule has 1 aromatic rings. The summed E-state index contributed by atoms with van der Waals surface area (Å²) in [5.74, 6) is 0. The normalized spacial score (nSPS) is 9.80. The number of aldehydes is 1. The molecule has 0 bridgehead atoms. The molecule has 1 heterocycles. The van der Waals surface area contributed by atoms with E-state index in [1.165, 1.54) is 0 Å². The van der Waals surface area contributed by atoms with Gasteiger partial charge in [-0.15, -0.1) is 0 Å². The van der Waals surface area contributed by atoms with Crippen molar-refractivity contribution < 1.29 is 4.79 Å². The molecule has 0 aliphatic carbocycles. The van der Waals surface area contributed by atoms with Gasteiger partial charge in [0.2, 0.25) is 0 Å². The van der Waals surface area contributed by atoms with Gasteiger partial charge in [-0.3, -0.25) is 4.79 Å². The van der Waals surface area contributed by atoms with Crippen LogP contribution in [0.3, 0.4) is 0 Å². The zero-order chi connectivity index (χ0) is 7.56. The van der Waals surface area contributed by atoms with Crippen molar-refractivity contribution in [1.82, 2.24) is 4.57 Å².